The number of hydrogen-bond acceptors (Lipinski definition) is 4. The van der Waals surface area contributed by atoms with Crippen LogP contribution in [-0.2, 0) is 11.3 Å². The molecule has 0 unspecified atom stereocenters. The van der Waals surface area contributed by atoms with Gasteiger partial charge in [0.25, 0.3) is 0 Å². The van der Waals surface area contributed by atoms with Gasteiger partial charge in [-0.05, 0) is 6.42 Å². The highest BCUT2D eigenvalue weighted by molar-refractivity contribution is 7.99. The molecular weight excluding hydrogens is 218 g/mol. The third kappa shape index (κ3) is 3.43. The summed E-state index contributed by atoms with van der Waals surface area (Å²) in [6.45, 7) is 2.60. The fourth-order valence-electron chi connectivity index (χ4n) is 1.05. The van der Waals surface area contributed by atoms with E-state index in [2.05, 4.69) is 10.2 Å². The zero-order valence-electron chi connectivity index (χ0n) is 8.39. The summed E-state index contributed by atoms with van der Waals surface area (Å²) in [7, 11) is 0. The minimum atomic E-state index is -0.919. The Labute approximate surface area is 90.7 Å². The lowest BCUT2D eigenvalue weighted by Gasteiger charge is -2.02. The lowest BCUT2D eigenvalue weighted by molar-refractivity contribution is -0.133. The Hall–Kier alpha value is -1.24. The van der Waals surface area contributed by atoms with Crippen LogP contribution in [0.15, 0.2) is 9.95 Å². The molecule has 7 heteroatoms. The molecule has 2 N–H and O–H groups in total. The average molecular weight is 231 g/mol. The zero-order chi connectivity index (χ0) is 11.3. The van der Waals surface area contributed by atoms with Gasteiger partial charge in [-0.3, -0.25) is 9.36 Å². The maximum absolute atomic E-state index is 11.3. The van der Waals surface area contributed by atoms with Crippen LogP contribution >= 0.6 is 11.8 Å². The Morgan fingerprint density at radius 2 is 2.40 bits per heavy atom. The molecule has 15 heavy (non-hydrogen) atoms. The molecule has 1 aromatic heterocycles. The van der Waals surface area contributed by atoms with Crippen molar-refractivity contribution >= 4 is 17.7 Å². The van der Waals surface area contributed by atoms with Gasteiger partial charge >= 0.3 is 11.7 Å². The van der Waals surface area contributed by atoms with Gasteiger partial charge in [0.05, 0.1) is 5.75 Å². The fourth-order valence-corrected chi connectivity index (χ4v) is 1.75. The van der Waals surface area contributed by atoms with Gasteiger partial charge in [-0.1, -0.05) is 25.1 Å². The van der Waals surface area contributed by atoms with Crippen LogP contribution in [0.1, 0.15) is 19.8 Å². The van der Waals surface area contributed by atoms with Gasteiger partial charge in [-0.2, -0.15) is 0 Å². The number of aliphatic carboxylic acids is 1. The summed E-state index contributed by atoms with van der Waals surface area (Å²) in [5.41, 5.74) is -0.281. The Morgan fingerprint density at radius 3 is 3.00 bits per heavy atom. The third-order valence-electron chi connectivity index (χ3n) is 1.78. The summed E-state index contributed by atoms with van der Waals surface area (Å²) in [4.78, 5) is 21.6. The molecule has 0 aliphatic carbocycles. The van der Waals surface area contributed by atoms with Crippen LogP contribution in [0.2, 0.25) is 0 Å². The molecule has 0 spiro atoms. The van der Waals surface area contributed by atoms with Crippen molar-refractivity contribution in [3.8, 4) is 0 Å². The molecule has 0 aromatic carbocycles. The summed E-state index contributed by atoms with van der Waals surface area (Å²) in [5, 5.41) is 15.0. The Morgan fingerprint density at radius 1 is 1.67 bits per heavy atom. The maximum Gasteiger partial charge on any atom is 0.343 e. The fraction of sp³-hybridized carbons (Fsp3) is 0.625. The largest absolute Gasteiger partial charge is 0.481 e. The molecule has 6 nitrogen and oxygen atoms in total. The zero-order valence-corrected chi connectivity index (χ0v) is 9.21. The highest BCUT2D eigenvalue weighted by Gasteiger charge is 2.09. The van der Waals surface area contributed by atoms with Gasteiger partial charge in [-0.15, -0.1) is 5.10 Å². The van der Waals surface area contributed by atoms with E-state index < -0.39 is 5.97 Å². The van der Waals surface area contributed by atoms with Gasteiger partial charge < -0.3 is 5.11 Å². The Balaban J connectivity index is 2.70. The van der Waals surface area contributed by atoms with Crippen LogP contribution in [-0.4, -0.2) is 31.6 Å². The van der Waals surface area contributed by atoms with Crippen LogP contribution in [0, 0.1) is 0 Å². The standard InChI is InChI=1S/C8H13N3O3S/c1-2-3-4-11-7(14)9-10-8(11)15-5-6(12)13/h2-5H2,1H3,(H,9,14)(H,12,13). The summed E-state index contributed by atoms with van der Waals surface area (Å²) in [6, 6.07) is 0. The highest BCUT2D eigenvalue weighted by Crippen LogP contribution is 2.12. The first-order valence-electron chi connectivity index (χ1n) is 4.65. The molecule has 0 bridgehead atoms. The lowest BCUT2D eigenvalue weighted by Crippen LogP contribution is -2.17. The van der Waals surface area contributed by atoms with E-state index in [9.17, 15) is 9.59 Å². The topological polar surface area (TPSA) is 88.0 Å². The van der Waals surface area contributed by atoms with E-state index in [0.29, 0.717) is 11.7 Å². The normalized spacial score (nSPS) is 10.5. The maximum atomic E-state index is 11.3. The van der Waals surface area contributed by atoms with E-state index in [4.69, 9.17) is 5.11 Å². The van der Waals surface area contributed by atoms with Crippen molar-refractivity contribution < 1.29 is 9.90 Å². The molecule has 1 rings (SSSR count). The van der Waals surface area contributed by atoms with Crippen molar-refractivity contribution in [2.45, 2.75) is 31.5 Å². The molecule has 1 heterocycles. The monoisotopic (exact) mass is 231 g/mol. The van der Waals surface area contributed by atoms with Crippen LogP contribution in [0.3, 0.4) is 0 Å². The first kappa shape index (κ1) is 11.8. The molecule has 0 fully saturated rings. The number of aromatic nitrogens is 3. The second-order valence-electron chi connectivity index (χ2n) is 3.00. The smallest absolute Gasteiger partial charge is 0.343 e. The number of carboxylic acids is 1. The number of nitrogens with one attached hydrogen (secondary N) is 1. The number of carboxylic acid groups (broad SMARTS) is 1. The van der Waals surface area contributed by atoms with Gasteiger partial charge in [-0.25, -0.2) is 9.89 Å². The molecule has 0 amide bonds. The third-order valence-corrected chi connectivity index (χ3v) is 2.74. The van der Waals surface area contributed by atoms with E-state index in [-0.39, 0.29) is 11.4 Å². The number of H-pyrrole nitrogens is 1. The minimum absolute atomic E-state index is 0.0869. The van der Waals surface area contributed by atoms with Gasteiger partial charge in [0.15, 0.2) is 5.16 Å². The molecule has 0 atom stereocenters. The number of nitrogens with zero attached hydrogens (tertiary/aromatic N) is 2. The van der Waals surface area contributed by atoms with Crippen molar-refractivity contribution in [2.75, 3.05) is 5.75 Å². The van der Waals surface area contributed by atoms with Crippen LogP contribution < -0.4 is 5.69 Å². The summed E-state index contributed by atoms with van der Waals surface area (Å²) in [6.07, 6.45) is 1.85. The minimum Gasteiger partial charge on any atom is -0.481 e. The quantitative estimate of drug-likeness (QED) is 0.698. The highest BCUT2D eigenvalue weighted by atomic mass is 32.2. The number of rotatable bonds is 6. The van der Waals surface area contributed by atoms with Gasteiger partial charge in [0, 0.05) is 6.54 Å². The van der Waals surface area contributed by atoms with E-state index in [1.165, 1.54) is 4.57 Å². The van der Waals surface area contributed by atoms with Gasteiger partial charge in [0.2, 0.25) is 0 Å². The number of unbranched alkanes of at least 4 members (excludes halogenated alkanes) is 1. The molecule has 1 aromatic rings. The lowest BCUT2D eigenvalue weighted by atomic mass is 10.3. The van der Waals surface area contributed by atoms with E-state index >= 15 is 0 Å². The second-order valence-corrected chi connectivity index (χ2v) is 3.94. The Kier molecular flexibility index (Phi) is 4.41. The molecule has 0 saturated heterocycles. The predicted molar refractivity (Wildman–Crippen MR) is 56.1 cm³/mol. The predicted octanol–water partition coefficient (Wildman–Crippen LogP) is 0.548. The number of thioether (sulfide) groups is 1. The van der Waals surface area contributed by atoms with Crippen molar-refractivity contribution in [2.24, 2.45) is 0 Å². The Bertz CT molecular complexity index is 385. The molecule has 0 aliphatic heterocycles. The van der Waals surface area contributed by atoms with Crippen molar-refractivity contribution in [1.29, 1.82) is 0 Å². The summed E-state index contributed by atoms with van der Waals surface area (Å²) in [5.74, 6) is -1.01. The van der Waals surface area contributed by atoms with Crippen molar-refractivity contribution in [1.82, 2.24) is 14.8 Å². The second kappa shape index (κ2) is 5.59. The number of carbonyl (C=O) groups is 1. The van der Waals surface area contributed by atoms with Crippen LogP contribution in [0.4, 0.5) is 0 Å². The molecule has 84 valence electrons. The summed E-state index contributed by atoms with van der Waals surface area (Å²) < 4.78 is 1.47. The molecule has 0 radical (unpaired) electrons. The number of aromatic amines is 1. The van der Waals surface area contributed by atoms with Gasteiger partial charge in [0.1, 0.15) is 0 Å². The SMILES string of the molecule is CCCCn1c(SCC(=O)O)n[nH]c1=O. The summed E-state index contributed by atoms with van der Waals surface area (Å²) >= 11 is 1.05. The van der Waals surface area contributed by atoms with Crippen LogP contribution in [0.25, 0.3) is 0 Å². The van der Waals surface area contributed by atoms with E-state index in [0.717, 1.165) is 24.6 Å². The van der Waals surface area contributed by atoms with E-state index in [1.807, 2.05) is 6.92 Å². The molecular formula is C8H13N3O3S. The first-order valence-corrected chi connectivity index (χ1v) is 5.63. The number of hydrogen-bond donors (Lipinski definition) is 2. The average Bonchev–Trinajstić information content (AvgIpc) is 2.53. The molecule has 0 aliphatic rings. The first-order chi connectivity index (χ1) is 7.15. The van der Waals surface area contributed by atoms with Crippen molar-refractivity contribution in [3.05, 3.63) is 10.5 Å². The van der Waals surface area contributed by atoms with Crippen molar-refractivity contribution in [3.63, 3.8) is 0 Å². The molecule has 0 saturated carbocycles. The van der Waals surface area contributed by atoms with Crippen LogP contribution in [0.5, 0.6) is 0 Å². The van der Waals surface area contributed by atoms with E-state index in [1.54, 1.807) is 0 Å².